The van der Waals surface area contributed by atoms with E-state index >= 15 is 0 Å². The SMILES string of the molecule is CN=C(NCCc1nc(C)no1)N1CCc2ccccc2C1.I. The fourth-order valence-corrected chi connectivity index (χ4v) is 2.73. The zero-order valence-corrected chi connectivity index (χ0v) is 15.8. The highest BCUT2D eigenvalue weighted by Gasteiger charge is 2.18. The van der Waals surface area contributed by atoms with Crippen LogP contribution in [0.2, 0.25) is 0 Å². The summed E-state index contributed by atoms with van der Waals surface area (Å²) in [5.41, 5.74) is 2.82. The Balaban J connectivity index is 0.00000192. The van der Waals surface area contributed by atoms with Crippen molar-refractivity contribution in [2.45, 2.75) is 26.3 Å². The molecule has 1 N–H and O–H groups in total. The van der Waals surface area contributed by atoms with Gasteiger partial charge in [0, 0.05) is 33.1 Å². The van der Waals surface area contributed by atoms with E-state index in [1.54, 1.807) is 0 Å². The molecule has 0 atom stereocenters. The molecule has 0 aliphatic carbocycles. The topological polar surface area (TPSA) is 66.5 Å². The largest absolute Gasteiger partial charge is 0.356 e. The molecule has 1 aliphatic heterocycles. The minimum absolute atomic E-state index is 0. The minimum atomic E-state index is 0. The molecule has 0 bridgehead atoms. The monoisotopic (exact) mass is 427 g/mol. The van der Waals surface area contributed by atoms with Gasteiger partial charge in [-0.05, 0) is 24.5 Å². The second-order valence-corrected chi connectivity index (χ2v) is 5.40. The maximum atomic E-state index is 5.12. The molecule has 0 spiro atoms. The maximum Gasteiger partial charge on any atom is 0.228 e. The molecular formula is C16H22IN5O. The molecule has 1 aliphatic rings. The Morgan fingerprint density at radius 1 is 1.35 bits per heavy atom. The van der Waals surface area contributed by atoms with Gasteiger partial charge in [0.15, 0.2) is 11.8 Å². The van der Waals surface area contributed by atoms with Crippen LogP contribution in [0.5, 0.6) is 0 Å². The summed E-state index contributed by atoms with van der Waals surface area (Å²) in [6.45, 7) is 4.43. The van der Waals surface area contributed by atoms with Crippen LogP contribution in [-0.2, 0) is 19.4 Å². The molecule has 1 aromatic heterocycles. The molecule has 7 heteroatoms. The van der Waals surface area contributed by atoms with E-state index in [2.05, 4.69) is 49.6 Å². The zero-order chi connectivity index (χ0) is 15.4. The predicted octanol–water partition coefficient (Wildman–Crippen LogP) is 2.17. The number of nitrogens with one attached hydrogen (secondary N) is 1. The standard InChI is InChI=1S/C16H21N5O.HI/c1-12-19-15(22-20-12)7-9-18-16(17-2)21-10-8-13-5-3-4-6-14(13)11-21;/h3-6H,7-11H2,1-2H3,(H,17,18);1H. The van der Waals surface area contributed by atoms with E-state index < -0.39 is 0 Å². The number of aromatic nitrogens is 2. The average molecular weight is 427 g/mol. The molecule has 0 radical (unpaired) electrons. The fraction of sp³-hybridized carbons (Fsp3) is 0.438. The van der Waals surface area contributed by atoms with Crippen LogP contribution >= 0.6 is 24.0 Å². The summed E-state index contributed by atoms with van der Waals surface area (Å²) < 4.78 is 5.12. The highest BCUT2D eigenvalue weighted by molar-refractivity contribution is 14.0. The molecule has 0 amide bonds. The molecule has 2 aromatic rings. The van der Waals surface area contributed by atoms with Crippen molar-refractivity contribution in [2.24, 2.45) is 4.99 Å². The fourth-order valence-electron chi connectivity index (χ4n) is 2.73. The Morgan fingerprint density at radius 2 is 2.13 bits per heavy atom. The molecule has 0 saturated carbocycles. The Hall–Kier alpha value is -1.64. The second-order valence-electron chi connectivity index (χ2n) is 5.40. The zero-order valence-electron chi connectivity index (χ0n) is 13.5. The van der Waals surface area contributed by atoms with Crippen LogP contribution in [0.4, 0.5) is 0 Å². The number of guanidine groups is 1. The quantitative estimate of drug-likeness (QED) is 0.462. The van der Waals surface area contributed by atoms with Crippen LogP contribution < -0.4 is 5.32 Å². The molecule has 0 unspecified atom stereocenters. The highest BCUT2D eigenvalue weighted by atomic mass is 127. The third-order valence-electron chi connectivity index (χ3n) is 3.83. The van der Waals surface area contributed by atoms with E-state index in [0.29, 0.717) is 18.1 Å². The van der Waals surface area contributed by atoms with Gasteiger partial charge in [0.2, 0.25) is 5.89 Å². The number of nitrogens with zero attached hydrogens (tertiary/aromatic N) is 4. The van der Waals surface area contributed by atoms with Crippen molar-refractivity contribution in [3.8, 4) is 0 Å². The smallest absolute Gasteiger partial charge is 0.228 e. The minimum Gasteiger partial charge on any atom is -0.356 e. The van der Waals surface area contributed by atoms with Gasteiger partial charge in [-0.1, -0.05) is 29.4 Å². The number of fused-ring (bicyclic) bond motifs is 1. The molecular weight excluding hydrogens is 405 g/mol. The number of hydrogen-bond acceptors (Lipinski definition) is 4. The van der Waals surface area contributed by atoms with Crippen molar-refractivity contribution in [3.05, 3.63) is 47.1 Å². The summed E-state index contributed by atoms with van der Waals surface area (Å²) in [5.74, 6) is 2.25. The summed E-state index contributed by atoms with van der Waals surface area (Å²) in [6.07, 6.45) is 1.75. The van der Waals surface area contributed by atoms with E-state index in [1.807, 2.05) is 14.0 Å². The van der Waals surface area contributed by atoms with Gasteiger partial charge in [-0.3, -0.25) is 4.99 Å². The van der Waals surface area contributed by atoms with Gasteiger partial charge in [0.05, 0.1) is 0 Å². The van der Waals surface area contributed by atoms with Crippen LogP contribution in [0.1, 0.15) is 22.8 Å². The number of halogens is 1. The summed E-state index contributed by atoms with van der Waals surface area (Å²) in [6, 6.07) is 8.60. The van der Waals surface area contributed by atoms with Crippen molar-refractivity contribution < 1.29 is 4.52 Å². The van der Waals surface area contributed by atoms with Gasteiger partial charge < -0.3 is 14.7 Å². The number of hydrogen-bond donors (Lipinski definition) is 1. The number of aliphatic imine (C=N–C) groups is 1. The number of benzene rings is 1. The third-order valence-corrected chi connectivity index (χ3v) is 3.83. The van der Waals surface area contributed by atoms with Gasteiger partial charge in [-0.25, -0.2) is 0 Å². The number of aryl methyl sites for hydroxylation is 1. The van der Waals surface area contributed by atoms with E-state index in [-0.39, 0.29) is 24.0 Å². The molecule has 2 heterocycles. The van der Waals surface area contributed by atoms with Crippen molar-refractivity contribution in [2.75, 3.05) is 20.1 Å². The molecule has 124 valence electrons. The summed E-state index contributed by atoms with van der Waals surface area (Å²) >= 11 is 0. The first-order chi connectivity index (χ1) is 10.8. The normalized spacial score (nSPS) is 14.2. The maximum absolute atomic E-state index is 5.12. The van der Waals surface area contributed by atoms with Gasteiger partial charge >= 0.3 is 0 Å². The first-order valence-corrected chi connectivity index (χ1v) is 7.58. The molecule has 0 saturated heterocycles. The Kier molecular flexibility index (Phi) is 6.37. The van der Waals surface area contributed by atoms with E-state index in [9.17, 15) is 0 Å². The van der Waals surface area contributed by atoms with Crippen LogP contribution in [0.15, 0.2) is 33.8 Å². The van der Waals surface area contributed by atoms with Gasteiger partial charge in [-0.15, -0.1) is 24.0 Å². The van der Waals surface area contributed by atoms with Gasteiger partial charge in [-0.2, -0.15) is 4.98 Å². The van der Waals surface area contributed by atoms with Crippen LogP contribution in [0.3, 0.4) is 0 Å². The Bertz CT molecular complexity index is 670. The third kappa shape index (κ3) is 4.43. The van der Waals surface area contributed by atoms with Gasteiger partial charge in [0.25, 0.3) is 0 Å². The summed E-state index contributed by atoms with van der Waals surface area (Å²) in [4.78, 5) is 10.9. The van der Waals surface area contributed by atoms with E-state index in [4.69, 9.17) is 4.52 Å². The second kappa shape index (κ2) is 8.28. The highest BCUT2D eigenvalue weighted by Crippen LogP contribution is 2.18. The molecule has 23 heavy (non-hydrogen) atoms. The van der Waals surface area contributed by atoms with E-state index in [0.717, 1.165) is 32.0 Å². The predicted molar refractivity (Wildman–Crippen MR) is 100 cm³/mol. The Morgan fingerprint density at radius 3 is 2.83 bits per heavy atom. The average Bonchev–Trinajstić information content (AvgIpc) is 2.96. The summed E-state index contributed by atoms with van der Waals surface area (Å²) in [7, 11) is 1.82. The van der Waals surface area contributed by atoms with E-state index in [1.165, 1.54) is 11.1 Å². The van der Waals surface area contributed by atoms with Crippen LogP contribution in [0, 0.1) is 6.92 Å². The van der Waals surface area contributed by atoms with Crippen LogP contribution in [-0.4, -0.2) is 41.1 Å². The lowest BCUT2D eigenvalue weighted by molar-refractivity contribution is 0.366. The number of rotatable bonds is 3. The van der Waals surface area contributed by atoms with Gasteiger partial charge in [0.1, 0.15) is 0 Å². The molecule has 3 rings (SSSR count). The lowest BCUT2D eigenvalue weighted by atomic mass is 10.0. The lowest BCUT2D eigenvalue weighted by Gasteiger charge is -2.31. The summed E-state index contributed by atoms with van der Waals surface area (Å²) in [5, 5.41) is 7.17. The lowest BCUT2D eigenvalue weighted by Crippen LogP contribution is -2.44. The molecule has 6 nitrogen and oxygen atoms in total. The first kappa shape index (κ1) is 17.7. The molecule has 0 fully saturated rings. The Labute approximate surface area is 153 Å². The van der Waals surface area contributed by atoms with Crippen molar-refractivity contribution in [1.82, 2.24) is 20.4 Å². The van der Waals surface area contributed by atoms with Crippen molar-refractivity contribution >= 4 is 29.9 Å². The van der Waals surface area contributed by atoms with Crippen LogP contribution in [0.25, 0.3) is 0 Å². The van der Waals surface area contributed by atoms with Crippen molar-refractivity contribution in [3.63, 3.8) is 0 Å². The van der Waals surface area contributed by atoms with Crippen molar-refractivity contribution in [1.29, 1.82) is 0 Å². The molecule has 1 aromatic carbocycles. The first-order valence-electron chi connectivity index (χ1n) is 7.58.